The van der Waals surface area contributed by atoms with Crippen molar-refractivity contribution in [1.29, 1.82) is 0 Å². The van der Waals surface area contributed by atoms with E-state index in [1.54, 1.807) is 17.4 Å². The summed E-state index contributed by atoms with van der Waals surface area (Å²) < 4.78 is 15.5. The van der Waals surface area contributed by atoms with Crippen LogP contribution in [-0.4, -0.2) is 9.55 Å². The molecule has 20 heavy (non-hydrogen) atoms. The number of imidazole rings is 1. The third-order valence-corrected chi connectivity index (χ3v) is 4.37. The van der Waals surface area contributed by atoms with Crippen LogP contribution in [0, 0.1) is 11.7 Å². The highest BCUT2D eigenvalue weighted by Crippen LogP contribution is 2.35. The van der Waals surface area contributed by atoms with Crippen LogP contribution in [0.15, 0.2) is 35.7 Å². The Kier molecular flexibility index (Phi) is 3.22. The highest BCUT2D eigenvalue weighted by Gasteiger charge is 2.23. The van der Waals surface area contributed by atoms with E-state index in [0.717, 1.165) is 11.0 Å². The van der Waals surface area contributed by atoms with Gasteiger partial charge < -0.3 is 10.3 Å². The van der Waals surface area contributed by atoms with Gasteiger partial charge in [0, 0.05) is 4.88 Å². The normalized spacial score (nSPS) is 13.2. The molecule has 2 N–H and O–H groups in total. The van der Waals surface area contributed by atoms with Crippen molar-refractivity contribution >= 4 is 28.3 Å². The number of anilines is 1. The first-order valence-electron chi connectivity index (χ1n) is 6.54. The lowest BCUT2D eigenvalue weighted by Crippen LogP contribution is -2.17. The predicted octanol–water partition coefficient (Wildman–Crippen LogP) is 4.06. The molecule has 0 spiro atoms. The SMILES string of the molecule is CC(C)C(c1cccs1)n1c(N)nc2ccc(F)cc21. The summed E-state index contributed by atoms with van der Waals surface area (Å²) in [6, 6.07) is 8.76. The van der Waals surface area contributed by atoms with Crippen LogP contribution in [0.4, 0.5) is 10.3 Å². The second kappa shape index (κ2) is 4.90. The van der Waals surface area contributed by atoms with Crippen molar-refractivity contribution in [2.24, 2.45) is 5.92 Å². The van der Waals surface area contributed by atoms with Gasteiger partial charge in [-0.1, -0.05) is 19.9 Å². The van der Waals surface area contributed by atoms with E-state index in [0.29, 0.717) is 11.9 Å². The summed E-state index contributed by atoms with van der Waals surface area (Å²) in [6.45, 7) is 4.27. The highest BCUT2D eigenvalue weighted by atomic mass is 32.1. The second-order valence-electron chi connectivity index (χ2n) is 5.18. The van der Waals surface area contributed by atoms with E-state index < -0.39 is 0 Å². The number of hydrogen-bond donors (Lipinski definition) is 1. The lowest BCUT2D eigenvalue weighted by atomic mass is 10.0. The van der Waals surface area contributed by atoms with E-state index in [-0.39, 0.29) is 11.9 Å². The summed E-state index contributed by atoms with van der Waals surface area (Å²) in [5.41, 5.74) is 7.56. The minimum atomic E-state index is -0.271. The number of benzene rings is 1. The Labute approximate surface area is 120 Å². The first-order valence-corrected chi connectivity index (χ1v) is 7.42. The molecule has 1 aromatic carbocycles. The first-order chi connectivity index (χ1) is 9.58. The number of fused-ring (bicyclic) bond motifs is 1. The lowest BCUT2D eigenvalue weighted by molar-refractivity contribution is 0.456. The van der Waals surface area contributed by atoms with Gasteiger partial charge in [0.05, 0.1) is 17.1 Å². The molecule has 1 unspecified atom stereocenters. The summed E-state index contributed by atoms with van der Waals surface area (Å²) >= 11 is 1.68. The Balaban J connectivity index is 2.25. The molecule has 0 saturated carbocycles. The molecule has 0 aliphatic rings. The summed E-state index contributed by atoms with van der Waals surface area (Å²) in [5, 5.41) is 2.04. The van der Waals surface area contributed by atoms with Gasteiger partial charge in [-0.3, -0.25) is 0 Å². The molecule has 0 saturated heterocycles. The zero-order valence-corrected chi connectivity index (χ0v) is 12.2. The summed E-state index contributed by atoms with van der Waals surface area (Å²) in [5.74, 6) is 0.488. The maximum atomic E-state index is 13.6. The number of halogens is 1. The quantitative estimate of drug-likeness (QED) is 0.790. The van der Waals surface area contributed by atoms with Gasteiger partial charge in [-0.05, 0) is 35.6 Å². The largest absolute Gasteiger partial charge is 0.369 e. The van der Waals surface area contributed by atoms with Crippen LogP contribution in [0.3, 0.4) is 0 Å². The van der Waals surface area contributed by atoms with E-state index in [1.165, 1.54) is 17.0 Å². The molecule has 3 aromatic rings. The molecular weight excluding hydrogens is 273 g/mol. The van der Waals surface area contributed by atoms with Crippen molar-refractivity contribution in [1.82, 2.24) is 9.55 Å². The van der Waals surface area contributed by atoms with E-state index in [2.05, 4.69) is 24.9 Å². The van der Waals surface area contributed by atoms with Crippen LogP contribution < -0.4 is 5.73 Å². The molecule has 3 rings (SSSR count). The van der Waals surface area contributed by atoms with Crippen LogP contribution in [-0.2, 0) is 0 Å². The number of rotatable bonds is 3. The Bertz CT molecular complexity index is 731. The minimum absolute atomic E-state index is 0.0711. The van der Waals surface area contributed by atoms with Crippen molar-refractivity contribution in [3.63, 3.8) is 0 Å². The van der Waals surface area contributed by atoms with E-state index in [9.17, 15) is 4.39 Å². The fraction of sp³-hybridized carbons (Fsp3) is 0.267. The van der Waals surface area contributed by atoms with Gasteiger partial charge in [0.25, 0.3) is 0 Å². The molecule has 0 bridgehead atoms. The fourth-order valence-corrected chi connectivity index (χ4v) is 3.58. The molecule has 0 aliphatic carbocycles. The van der Waals surface area contributed by atoms with Crippen LogP contribution in [0.2, 0.25) is 0 Å². The molecule has 0 amide bonds. The van der Waals surface area contributed by atoms with Gasteiger partial charge in [0.1, 0.15) is 5.82 Å². The van der Waals surface area contributed by atoms with Crippen molar-refractivity contribution in [2.75, 3.05) is 5.73 Å². The summed E-state index contributed by atoms with van der Waals surface area (Å²) in [4.78, 5) is 5.55. The highest BCUT2D eigenvalue weighted by molar-refractivity contribution is 7.10. The van der Waals surface area contributed by atoms with Crippen LogP contribution in [0.1, 0.15) is 24.8 Å². The Morgan fingerprint density at radius 3 is 2.75 bits per heavy atom. The summed E-state index contributed by atoms with van der Waals surface area (Å²) in [6.07, 6.45) is 0. The Morgan fingerprint density at radius 2 is 2.10 bits per heavy atom. The third-order valence-electron chi connectivity index (χ3n) is 3.42. The maximum absolute atomic E-state index is 13.6. The van der Waals surface area contributed by atoms with Crippen molar-refractivity contribution in [3.05, 3.63) is 46.4 Å². The third kappa shape index (κ3) is 2.08. The zero-order valence-electron chi connectivity index (χ0n) is 11.4. The molecule has 3 nitrogen and oxygen atoms in total. The van der Waals surface area contributed by atoms with E-state index >= 15 is 0 Å². The van der Waals surface area contributed by atoms with Gasteiger partial charge in [0.15, 0.2) is 0 Å². The molecule has 1 atom stereocenters. The van der Waals surface area contributed by atoms with E-state index in [4.69, 9.17) is 5.73 Å². The molecular formula is C15H16FN3S. The Morgan fingerprint density at radius 1 is 1.30 bits per heavy atom. The monoisotopic (exact) mass is 289 g/mol. The summed E-state index contributed by atoms with van der Waals surface area (Å²) in [7, 11) is 0. The lowest BCUT2D eigenvalue weighted by Gasteiger charge is -2.23. The van der Waals surface area contributed by atoms with Crippen molar-refractivity contribution in [3.8, 4) is 0 Å². The Hall–Kier alpha value is -1.88. The fourth-order valence-electron chi connectivity index (χ4n) is 2.59. The predicted molar refractivity (Wildman–Crippen MR) is 81.4 cm³/mol. The van der Waals surface area contributed by atoms with Gasteiger partial charge >= 0.3 is 0 Å². The van der Waals surface area contributed by atoms with Crippen molar-refractivity contribution < 1.29 is 4.39 Å². The average Bonchev–Trinajstić information content (AvgIpc) is 3.00. The number of nitrogen functional groups attached to an aromatic ring is 1. The number of aromatic nitrogens is 2. The smallest absolute Gasteiger partial charge is 0.201 e. The molecule has 5 heteroatoms. The zero-order chi connectivity index (χ0) is 14.3. The second-order valence-corrected chi connectivity index (χ2v) is 6.16. The number of hydrogen-bond acceptors (Lipinski definition) is 3. The van der Waals surface area contributed by atoms with Gasteiger partial charge in [-0.2, -0.15) is 0 Å². The minimum Gasteiger partial charge on any atom is -0.369 e. The van der Waals surface area contributed by atoms with Crippen LogP contribution in [0.5, 0.6) is 0 Å². The topological polar surface area (TPSA) is 43.8 Å². The molecule has 0 radical (unpaired) electrons. The van der Waals surface area contributed by atoms with Crippen LogP contribution >= 0.6 is 11.3 Å². The average molecular weight is 289 g/mol. The number of nitrogens with two attached hydrogens (primary N) is 1. The maximum Gasteiger partial charge on any atom is 0.201 e. The van der Waals surface area contributed by atoms with Gasteiger partial charge in [0.2, 0.25) is 5.95 Å². The molecule has 0 aliphatic heterocycles. The molecule has 2 aromatic heterocycles. The van der Waals surface area contributed by atoms with Gasteiger partial charge in [-0.25, -0.2) is 9.37 Å². The standard InChI is InChI=1S/C15H16FN3S/c1-9(2)14(13-4-3-7-20-13)19-12-8-10(16)5-6-11(12)18-15(19)17/h3-9,14H,1-2H3,(H2,17,18). The number of nitrogens with zero attached hydrogens (tertiary/aromatic N) is 2. The molecule has 2 heterocycles. The number of thiophene rings is 1. The molecule has 104 valence electrons. The molecule has 0 fully saturated rings. The first kappa shape index (κ1) is 13.1. The van der Waals surface area contributed by atoms with E-state index in [1.807, 2.05) is 16.0 Å². The van der Waals surface area contributed by atoms with Crippen LogP contribution in [0.25, 0.3) is 11.0 Å². The van der Waals surface area contributed by atoms with Gasteiger partial charge in [-0.15, -0.1) is 11.3 Å². The van der Waals surface area contributed by atoms with Crippen molar-refractivity contribution in [2.45, 2.75) is 19.9 Å².